The lowest BCUT2D eigenvalue weighted by Gasteiger charge is -2.06. The van der Waals surface area contributed by atoms with E-state index in [-0.39, 0.29) is 6.42 Å². The van der Waals surface area contributed by atoms with Gasteiger partial charge < -0.3 is 9.84 Å². The zero-order chi connectivity index (χ0) is 20.7. The third-order valence-corrected chi connectivity index (χ3v) is 3.47. The van der Waals surface area contributed by atoms with Gasteiger partial charge in [0.05, 0.1) is 19.0 Å². The van der Waals surface area contributed by atoms with Crippen LogP contribution in [0.4, 0.5) is 13.2 Å². The van der Waals surface area contributed by atoms with Gasteiger partial charge in [0.25, 0.3) is 0 Å². The minimum Gasteiger partial charge on any atom is -0.493 e. The molecule has 0 aromatic carbocycles. The molecule has 0 fully saturated rings. The maximum atomic E-state index is 11.2. The predicted molar refractivity (Wildman–Crippen MR) is 90.9 cm³/mol. The fourth-order valence-electron chi connectivity index (χ4n) is 2.04. The molecule has 0 saturated carbocycles. The van der Waals surface area contributed by atoms with Gasteiger partial charge in [0.15, 0.2) is 18.5 Å². The number of hydrogen-bond donors (Lipinski definition) is 1. The van der Waals surface area contributed by atoms with Crippen molar-refractivity contribution in [2.24, 2.45) is 0 Å². The summed E-state index contributed by atoms with van der Waals surface area (Å²) in [5.41, 5.74) is 1.79. The zero-order valence-corrected chi connectivity index (χ0v) is 14.8. The van der Waals surface area contributed by atoms with Crippen molar-refractivity contribution in [2.75, 3.05) is 7.11 Å². The number of methoxy groups -OCH3 is 1. The molecule has 0 amide bonds. The topological polar surface area (TPSA) is 93.5 Å². The number of fused-ring (bicyclic) bond motifs is 1. The van der Waals surface area contributed by atoms with Crippen LogP contribution >= 0.6 is 0 Å². The Balaban J connectivity index is 0.000000300. The smallest absolute Gasteiger partial charge is 0.448 e. The summed E-state index contributed by atoms with van der Waals surface area (Å²) in [6.07, 6.45) is 4.41. The third kappa shape index (κ3) is 5.50. The second-order valence-electron chi connectivity index (χ2n) is 5.38. The number of aromatic nitrogens is 5. The summed E-state index contributed by atoms with van der Waals surface area (Å²) in [4.78, 5) is 18.9. The third-order valence-electron chi connectivity index (χ3n) is 3.47. The predicted octanol–water partition coefficient (Wildman–Crippen LogP) is 2.26. The first kappa shape index (κ1) is 20.8. The molecule has 0 unspecified atom stereocenters. The van der Waals surface area contributed by atoms with E-state index in [2.05, 4.69) is 26.4 Å². The Kier molecular flexibility index (Phi) is 6.64. The molecule has 3 heterocycles. The molecule has 8 nitrogen and oxygen atoms in total. The van der Waals surface area contributed by atoms with Gasteiger partial charge in [-0.15, -0.1) is 0 Å². The first-order valence-electron chi connectivity index (χ1n) is 7.88. The number of alkyl halides is 3. The van der Waals surface area contributed by atoms with E-state index >= 15 is 0 Å². The molecule has 0 bridgehead atoms. The largest absolute Gasteiger partial charge is 0.493 e. The lowest BCUT2D eigenvalue weighted by molar-refractivity contribution is -0.752. The van der Waals surface area contributed by atoms with Crippen molar-refractivity contribution < 1.29 is 32.5 Å². The van der Waals surface area contributed by atoms with E-state index in [1.54, 1.807) is 29.5 Å². The van der Waals surface area contributed by atoms with Crippen molar-refractivity contribution in [2.45, 2.75) is 19.1 Å². The normalized spacial score (nSPS) is 10.9. The summed E-state index contributed by atoms with van der Waals surface area (Å²) in [6.45, 7) is 2.95. The number of aryl methyl sites for hydroxylation is 1. The molecular weight excluding hydrogens is 379 g/mol. The maximum Gasteiger partial charge on any atom is 0.448 e. The van der Waals surface area contributed by atoms with Crippen LogP contribution in [0.3, 0.4) is 0 Å². The monoisotopic (exact) mass is 396 g/mol. The van der Waals surface area contributed by atoms with Gasteiger partial charge in [-0.1, -0.05) is 11.3 Å². The summed E-state index contributed by atoms with van der Waals surface area (Å²) >= 11 is 0. The minimum atomic E-state index is -4.41. The average Bonchev–Trinajstić information content (AvgIpc) is 3.10. The number of halogens is 3. The molecule has 0 radical (unpaired) electrons. The molecule has 0 aliphatic heterocycles. The van der Waals surface area contributed by atoms with Crippen LogP contribution in [0.25, 0.3) is 17.0 Å². The molecule has 3 aromatic rings. The van der Waals surface area contributed by atoms with Crippen molar-refractivity contribution in [3.8, 4) is 11.3 Å². The van der Waals surface area contributed by atoms with Crippen molar-refractivity contribution >= 4 is 11.7 Å². The molecule has 0 atom stereocenters. The van der Waals surface area contributed by atoms with Crippen molar-refractivity contribution in [3.05, 3.63) is 55.5 Å². The van der Waals surface area contributed by atoms with Crippen LogP contribution < -0.4 is 4.68 Å². The van der Waals surface area contributed by atoms with E-state index in [1.165, 1.54) is 0 Å². The highest BCUT2D eigenvalue weighted by Crippen LogP contribution is 2.23. The van der Waals surface area contributed by atoms with Crippen LogP contribution in [0.15, 0.2) is 55.5 Å². The summed E-state index contributed by atoms with van der Waals surface area (Å²) in [7, 11) is 0.926. The number of allylic oxidation sites excluding steroid dienone is 1. The average molecular weight is 396 g/mol. The molecule has 0 spiro atoms. The van der Waals surface area contributed by atoms with Crippen LogP contribution in [0, 0.1) is 0 Å². The molecular formula is C17H17F3N5O3+. The molecule has 3 rings (SSSR count). The van der Waals surface area contributed by atoms with Crippen LogP contribution in [0.5, 0.6) is 0 Å². The molecule has 1 N–H and O–H groups in total. The number of aliphatic carboxylic acids is 1. The summed E-state index contributed by atoms with van der Waals surface area (Å²) < 4.78 is 40.9. The molecule has 0 saturated heterocycles. The summed E-state index contributed by atoms with van der Waals surface area (Å²) in [5.74, 6) is -1.38. The number of hydrogen-bond acceptors (Lipinski definition) is 5. The number of carboxylic acids is 1. The van der Waals surface area contributed by atoms with Crippen LogP contribution in [0.2, 0.25) is 0 Å². The van der Waals surface area contributed by atoms with Crippen molar-refractivity contribution in [1.82, 2.24) is 19.5 Å². The SMILES string of the molecule is C=C(OC)C(F)(F)F.O=C(O)CC[n+]1ccc(-c2cnc3ncccn23)cn1. The molecule has 0 aliphatic carbocycles. The highest BCUT2D eigenvalue weighted by Gasteiger charge is 2.33. The van der Waals surface area contributed by atoms with Gasteiger partial charge in [0.1, 0.15) is 12.6 Å². The lowest BCUT2D eigenvalue weighted by Crippen LogP contribution is -2.38. The minimum absolute atomic E-state index is 0.0521. The van der Waals surface area contributed by atoms with Crippen LogP contribution in [-0.2, 0) is 16.1 Å². The van der Waals surface area contributed by atoms with Gasteiger partial charge in [-0.05, 0) is 11.2 Å². The number of nitrogens with zero attached hydrogens (tertiary/aromatic N) is 5. The van der Waals surface area contributed by atoms with Crippen LogP contribution in [-0.4, -0.2) is 43.8 Å². The zero-order valence-electron chi connectivity index (χ0n) is 14.8. The van der Waals surface area contributed by atoms with E-state index in [9.17, 15) is 18.0 Å². The number of carboxylic acid groups (broad SMARTS) is 1. The Bertz CT molecular complexity index is 955. The second-order valence-corrected chi connectivity index (χ2v) is 5.38. The highest BCUT2D eigenvalue weighted by molar-refractivity contribution is 5.66. The standard InChI is InChI=1S/C13H11N5O2.C4H5F3O/c19-12(20)3-7-17-6-2-10(8-16-17)11-9-15-13-14-4-1-5-18(11)13;1-3(8-2)4(5,6)7/h1-2,4-6,8-9H,3,7H2;1H2,2H3/p+1. The summed E-state index contributed by atoms with van der Waals surface area (Å²) in [6, 6.07) is 3.72. The van der Waals surface area contributed by atoms with E-state index in [0.29, 0.717) is 12.3 Å². The molecule has 3 aromatic heterocycles. The van der Waals surface area contributed by atoms with Gasteiger partial charge in [0.2, 0.25) is 5.78 Å². The number of imidazole rings is 1. The fraction of sp³-hybridized carbons (Fsp3) is 0.235. The van der Waals surface area contributed by atoms with E-state index in [1.807, 2.05) is 22.7 Å². The Morgan fingerprint density at radius 1 is 1.36 bits per heavy atom. The van der Waals surface area contributed by atoms with Gasteiger partial charge >= 0.3 is 12.1 Å². The number of ether oxygens (including phenoxy) is 1. The van der Waals surface area contributed by atoms with Gasteiger partial charge in [0, 0.05) is 24.0 Å². The Morgan fingerprint density at radius 2 is 2.11 bits per heavy atom. The van der Waals surface area contributed by atoms with E-state index in [0.717, 1.165) is 18.4 Å². The van der Waals surface area contributed by atoms with Crippen LogP contribution in [0.1, 0.15) is 6.42 Å². The quantitative estimate of drug-likeness (QED) is 0.525. The number of carbonyl (C=O) groups is 1. The lowest BCUT2D eigenvalue weighted by atomic mass is 10.2. The Hall–Kier alpha value is -3.50. The molecule has 28 heavy (non-hydrogen) atoms. The van der Waals surface area contributed by atoms with E-state index in [4.69, 9.17) is 5.11 Å². The maximum absolute atomic E-state index is 11.2. The first-order valence-corrected chi connectivity index (χ1v) is 7.88. The van der Waals surface area contributed by atoms with E-state index < -0.39 is 17.9 Å². The summed E-state index contributed by atoms with van der Waals surface area (Å²) in [5, 5.41) is 12.8. The molecule has 148 valence electrons. The Labute approximate surface area is 157 Å². The second kappa shape index (κ2) is 8.93. The van der Waals surface area contributed by atoms with Gasteiger partial charge in [-0.25, -0.2) is 9.97 Å². The molecule has 0 aliphatic rings. The fourth-order valence-corrected chi connectivity index (χ4v) is 2.04. The van der Waals surface area contributed by atoms with Gasteiger partial charge in [-0.2, -0.15) is 13.2 Å². The van der Waals surface area contributed by atoms with Crippen molar-refractivity contribution in [3.63, 3.8) is 0 Å². The van der Waals surface area contributed by atoms with Crippen molar-refractivity contribution in [1.29, 1.82) is 0 Å². The number of rotatable bonds is 5. The first-order chi connectivity index (χ1) is 13.2. The molecule has 11 heteroatoms. The highest BCUT2D eigenvalue weighted by atomic mass is 19.4. The Morgan fingerprint density at radius 3 is 2.64 bits per heavy atom. The van der Waals surface area contributed by atoms with Gasteiger partial charge in [-0.3, -0.25) is 9.20 Å².